The van der Waals surface area contributed by atoms with Gasteiger partial charge in [0.25, 0.3) is 0 Å². The minimum Gasteiger partial charge on any atom is -0.369 e. The van der Waals surface area contributed by atoms with Crippen LogP contribution in [0.4, 0.5) is 5.69 Å². The Kier molecular flexibility index (Phi) is 5.67. The molecule has 4 heteroatoms. The Balaban J connectivity index is 1.25. The van der Waals surface area contributed by atoms with Gasteiger partial charge >= 0.3 is 0 Å². The number of carbonyl (C=O) groups is 1. The monoisotopic (exact) mass is 377 g/mol. The van der Waals surface area contributed by atoms with E-state index in [-0.39, 0.29) is 11.3 Å². The first-order valence-electron chi connectivity index (χ1n) is 10.5. The van der Waals surface area contributed by atoms with Crippen LogP contribution >= 0.6 is 0 Å². The predicted octanol–water partition coefficient (Wildman–Crippen LogP) is 3.36. The van der Waals surface area contributed by atoms with Crippen LogP contribution in [-0.2, 0) is 10.2 Å². The van der Waals surface area contributed by atoms with Crippen molar-refractivity contribution in [1.29, 1.82) is 0 Å². The van der Waals surface area contributed by atoms with Gasteiger partial charge in [0.1, 0.15) is 0 Å². The highest BCUT2D eigenvalue weighted by molar-refractivity contribution is 5.78. The summed E-state index contributed by atoms with van der Waals surface area (Å²) < 4.78 is 0. The molecule has 0 aromatic heterocycles. The van der Waals surface area contributed by atoms with Gasteiger partial charge < -0.3 is 10.2 Å². The first kappa shape index (κ1) is 19.0. The lowest BCUT2D eigenvalue weighted by Crippen LogP contribution is -2.51. The minimum atomic E-state index is 0.154. The Bertz CT molecular complexity index is 793. The van der Waals surface area contributed by atoms with Crippen LogP contribution < -0.4 is 10.2 Å². The molecule has 4 rings (SSSR count). The zero-order valence-corrected chi connectivity index (χ0v) is 16.9. The van der Waals surface area contributed by atoms with Crippen LogP contribution in [0, 0.1) is 6.92 Å². The summed E-state index contributed by atoms with van der Waals surface area (Å²) in [7, 11) is 0. The van der Waals surface area contributed by atoms with Crippen molar-refractivity contribution >= 4 is 11.6 Å². The van der Waals surface area contributed by atoms with E-state index in [9.17, 15) is 4.79 Å². The zero-order chi connectivity index (χ0) is 19.4. The summed E-state index contributed by atoms with van der Waals surface area (Å²) in [5.41, 5.74) is 4.11. The van der Waals surface area contributed by atoms with Crippen molar-refractivity contribution in [2.24, 2.45) is 0 Å². The van der Waals surface area contributed by atoms with Gasteiger partial charge in [-0.3, -0.25) is 9.69 Å². The molecule has 1 amide bonds. The van der Waals surface area contributed by atoms with Crippen molar-refractivity contribution in [1.82, 2.24) is 10.2 Å². The molecular weight excluding hydrogens is 346 g/mol. The fourth-order valence-corrected chi connectivity index (χ4v) is 4.48. The third-order valence-corrected chi connectivity index (χ3v) is 6.43. The summed E-state index contributed by atoms with van der Waals surface area (Å²) >= 11 is 0. The van der Waals surface area contributed by atoms with E-state index in [0.717, 1.165) is 32.7 Å². The van der Waals surface area contributed by atoms with E-state index >= 15 is 0 Å². The molecule has 1 saturated carbocycles. The molecule has 1 N–H and O–H groups in total. The van der Waals surface area contributed by atoms with E-state index in [1.165, 1.54) is 36.1 Å². The molecule has 2 aromatic carbocycles. The molecule has 148 valence electrons. The van der Waals surface area contributed by atoms with Crippen LogP contribution in [-0.4, -0.2) is 50.1 Å². The quantitative estimate of drug-likeness (QED) is 0.839. The fraction of sp³-hybridized carbons (Fsp3) is 0.458. The summed E-state index contributed by atoms with van der Waals surface area (Å²) in [6.07, 6.45) is 3.60. The Morgan fingerprint density at radius 2 is 1.75 bits per heavy atom. The number of carbonyl (C=O) groups excluding carboxylic acids is 1. The lowest BCUT2D eigenvalue weighted by molar-refractivity contribution is -0.122. The molecule has 0 spiro atoms. The minimum absolute atomic E-state index is 0.154. The second kappa shape index (κ2) is 8.36. The summed E-state index contributed by atoms with van der Waals surface area (Å²) in [5, 5.41) is 3.23. The smallest absolute Gasteiger partial charge is 0.234 e. The van der Waals surface area contributed by atoms with E-state index in [4.69, 9.17) is 0 Å². The molecule has 2 aliphatic rings. The van der Waals surface area contributed by atoms with Gasteiger partial charge in [-0.1, -0.05) is 48.9 Å². The largest absolute Gasteiger partial charge is 0.369 e. The van der Waals surface area contributed by atoms with Gasteiger partial charge in [-0.05, 0) is 43.0 Å². The van der Waals surface area contributed by atoms with Crippen molar-refractivity contribution in [3.63, 3.8) is 0 Å². The standard InChI is InChI=1S/C24H31N3O/c1-20-7-5-10-22(17-20)27-15-13-26(14-16-27)18-23(28)25-19-24(11-6-12-24)21-8-3-2-4-9-21/h2-5,7-10,17H,6,11-16,18-19H2,1H3,(H,25,28). The lowest BCUT2D eigenvalue weighted by atomic mass is 9.64. The third-order valence-electron chi connectivity index (χ3n) is 6.43. The molecule has 4 nitrogen and oxygen atoms in total. The molecular formula is C24H31N3O. The Morgan fingerprint density at radius 3 is 2.39 bits per heavy atom. The number of nitrogens with zero attached hydrogens (tertiary/aromatic N) is 2. The van der Waals surface area contributed by atoms with Crippen LogP contribution in [0.15, 0.2) is 54.6 Å². The average molecular weight is 378 g/mol. The van der Waals surface area contributed by atoms with Crippen molar-refractivity contribution in [3.05, 3.63) is 65.7 Å². The molecule has 2 aromatic rings. The number of hydrogen-bond acceptors (Lipinski definition) is 3. The molecule has 1 aliphatic carbocycles. The van der Waals surface area contributed by atoms with E-state index in [1.54, 1.807) is 0 Å². The van der Waals surface area contributed by atoms with Crippen LogP contribution in [0.3, 0.4) is 0 Å². The maximum atomic E-state index is 12.6. The maximum Gasteiger partial charge on any atom is 0.234 e. The number of nitrogens with one attached hydrogen (secondary N) is 1. The summed E-state index contributed by atoms with van der Waals surface area (Å²) in [6, 6.07) is 19.3. The third kappa shape index (κ3) is 4.22. The van der Waals surface area contributed by atoms with E-state index in [2.05, 4.69) is 76.6 Å². The van der Waals surface area contributed by atoms with Gasteiger partial charge in [-0.25, -0.2) is 0 Å². The Morgan fingerprint density at radius 1 is 1.00 bits per heavy atom. The zero-order valence-electron chi connectivity index (χ0n) is 16.9. The lowest BCUT2D eigenvalue weighted by Gasteiger charge is -2.43. The molecule has 2 fully saturated rings. The highest BCUT2D eigenvalue weighted by atomic mass is 16.2. The SMILES string of the molecule is Cc1cccc(N2CCN(CC(=O)NCC3(c4ccccc4)CCC3)CC2)c1. The van der Waals surface area contributed by atoms with E-state index < -0.39 is 0 Å². The van der Waals surface area contributed by atoms with Crippen molar-refractivity contribution in [2.75, 3.05) is 44.2 Å². The predicted molar refractivity (Wildman–Crippen MR) is 115 cm³/mol. The van der Waals surface area contributed by atoms with Crippen LogP contribution in [0.2, 0.25) is 0 Å². The Hall–Kier alpha value is -2.33. The van der Waals surface area contributed by atoms with Crippen molar-refractivity contribution in [2.45, 2.75) is 31.6 Å². The fourth-order valence-electron chi connectivity index (χ4n) is 4.48. The van der Waals surface area contributed by atoms with E-state index in [1.807, 2.05) is 0 Å². The van der Waals surface area contributed by atoms with Gasteiger partial charge in [0, 0.05) is 43.8 Å². The van der Waals surface area contributed by atoms with Gasteiger partial charge in [-0.2, -0.15) is 0 Å². The van der Waals surface area contributed by atoms with Crippen LogP contribution in [0.1, 0.15) is 30.4 Å². The molecule has 28 heavy (non-hydrogen) atoms. The number of piperazine rings is 1. The number of hydrogen-bond donors (Lipinski definition) is 1. The molecule has 0 atom stereocenters. The molecule has 1 heterocycles. The highest BCUT2D eigenvalue weighted by Gasteiger charge is 2.38. The van der Waals surface area contributed by atoms with Gasteiger partial charge in [0.2, 0.25) is 5.91 Å². The van der Waals surface area contributed by atoms with Crippen LogP contribution in [0.25, 0.3) is 0 Å². The second-order valence-electron chi connectivity index (χ2n) is 8.38. The first-order chi connectivity index (χ1) is 13.6. The van der Waals surface area contributed by atoms with Gasteiger partial charge in [-0.15, -0.1) is 0 Å². The molecule has 1 saturated heterocycles. The highest BCUT2D eigenvalue weighted by Crippen LogP contribution is 2.43. The topological polar surface area (TPSA) is 35.6 Å². The first-order valence-corrected chi connectivity index (χ1v) is 10.5. The van der Waals surface area contributed by atoms with Crippen molar-refractivity contribution in [3.8, 4) is 0 Å². The number of amides is 1. The number of anilines is 1. The van der Waals surface area contributed by atoms with Gasteiger partial charge in [0.15, 0.2) is 0 Å². The normalized spacial score (nSPS) is 19.1. The molecule has 0 unspecified atom stereocenters. The summed E-state index contributed by atoms with van der Waals surface area (Å²) in [5.74, 6) is 0.159. The summed E-state index contributed by atoms with van der Waals surface area (Å²) in [6.45, 7) is 7.23. The molecule has 1 aliphatic heterocycles. The molecule has 0 bridgehead atoms. The Labute approximate surface area is 168 Å². The maximum absolute atomic E-state index is 12.6. The second-order valence-corrected chi connectivity index (χ2v) is 8.38. The van der Waals surface area contributed by atoms with Gasteiger partial charge in [0.05, 0.1) is 6.54 Å². The summed E-state index contributed by atoms with van der Waals surface area (Å²) in [4.78, 5) is 17.3. The number of rotatable bonds is 6. The van der Waals surface area contributed by atoms with E-state index in [0.29, 0.717) is 6.54 Å². The van der Waals surface area contributed by atoms with Crippen LogP contribution in [0.5, 0.6) is 0 Å². The molecule has 0 radical (unpaired) electrons. The number of aryl methyl sites for hydroxylation is 1. The number of benzene rings is 2. The average Bonchev–Trinajstić information content (AvgIpc) is 2.69. The van der Waals surface area contributed by atoms with Crippen molar-refractivity contribution < 1.29 is 4.79 Å².